The number of hydrogen-bond donors (Lipinski definition) is 1. The van der Waals surface area contributed by atoms with Crippen LogP contribution in [0.15, 0.2) is 119 Å². The smallest absolute Gasteiger partial charge is 0.0872 e. The second kappa shape index (κ2) is 9.39. The standard InChI is InChI=1S/C27H19N3S.B.FH/c1-2-8-22(28-17-7-1)23-15-13-19-18-20(14-16-21(19)29-23)30-24-9-3-5-11-26(24)31-27-12-6-4-10-25(27)30;;/h1-18,28H;;1H. The van der Waals surface area contributed by atoms with E-state index in [1.807, 2.05) is 42.3 Å². The van der Waals surface area contributed by atoms with Crippen molar-refractivity contribution in [3.05, 3.63) is 115 Å². The van der Waals surface area contributed by atoms with E-state index in [0.717, 1.165) is 28.0 Å². The molecule has 3 heterocycles. The summed E-state index contributed by atoms with van der Waals surface area (Å²) in [4.78, 5) is 9.77. The monoisotopic (exact) mass is 448 g/mol. The lowest BCUT2D eigenvalue weighted by atomic mass is 10.1. The lowest BCUT2D eigenvalue weighted by Crippen LogP contribution is -2.14. The molecule has 1 N–H and O–H groups in total. The molecule has 0 atom stereocenters. The highest BCUT2D eigenvalue weighted by atomic mass is 32.2. The van der Waals surface area contributed by atoms with Crippen molar-refractivity contribution in [3.8, 4) is 0 Å². The van der Waals surface area contributed by atoms with E-state index in [2.05, 4.69) is 89.1 Å². The van der Waals surface area contributed by atoms with Gasteiger partial charge in [0.2, 0.25) is 0 Å². The average molecular weight is 448 g/mol. The van der Waals surface area contributed by atoms with E-state index in [1.54, 1.807) is 0 Å². The molecule has 0 aliphatic carbocycles. The number of para-hydroxylation sites is 2. The lowest BCUT2D eigenvalue weighted by Gasteiger charge is -2.32. The van der Waals surface area contributed by atoms with Crippen molar-refractivity contribution in [3.63, 3.8) is 0 Å². The fraction of sp³-hybridized carbons (Fsp3) is 0. The van der Waals surface area contributed by atoms with Gasteiger partial charge in [0, 0.05) is 35.5 Å². The van der Waals surface area contributed by atoms with Crippen LogP contribution in [-0.4, -0.2) is 13.4 Å². The van der Waals surface area contributed by atoms with Crippen LogP contribution in [0.5, 0.6) is 0 Å². The topological polar surface area (TPSA) is 28.2 Å². The van der Waals surface area contributed by atoms with Crippen molar-refractivity contribution in [1.29, 1.82) is 0 Å². The minimum Gasteiger partial charge on any atom is -0.360 e. The van der Waals surface area contributed by atoms with Crippen LogP contribution in [0, 0.1) is 0 Å². The molecule has 0 spiro atoms. The SMILES string of the molecule is C1=CC=C(c2ccc3cc(N4c5ccccc5Sc5ccccc54)ccc3n2)NC=C1.F.[B]. The van der Waals surface area contributed by atoms with Gasteiger partial charge >= 0.3 is 0 Å². The molecule has 2 aliphatic rings. The van der Waals surface area contributed by atoms with E-state index in [4.69, 9.17) is 4.98 Å². The molecule has 6 rings (SSSR count). The fourth-order valence-electron chi connectivity index (χ4n) is 4.00. The van der Waals surface area contributed by atoms with Crippen LogP contribution in [0.1, 0.15) is 5.69 Å². The van der Waals surface area contributed by atoms with E-state index in [9.17, 15) is 0 Å². The summed E-state index contributed by atoms with van der Waals surface area (Å²) >= 11 is 1.83. The maximum atomic E-state index is 4.89. The summed E-state index contributed by atoms with van der Waals surface area (Å²) in [5, 5.41) is 4.41. The Labute approximate surface area is 198 Å². The summed E-state index contributed by atoms with van der Waals surface area (Å²) < 4.78 is 0. The van der Waals surface area contributed by atoms with Crippen LogP contribution in [0.25, 0.3) is 16.6 Å². The van der Waals surface area contributed by atoms with Crippen molar-refractivity contribution < 1.29 is 4.70 Å². The molecule has 0 saturated heterocycles. The Balaban J connectivity index is 0.00000130. The molecule has 3 aromatic carbocycles. The number of hydrogen-bond acceptors (Lipinski definition) is 4. The normalized spacial score (nSPS) is 13.6. The maximum Gasteiger partial charge on any atom is 0.0872 e. The van der Waals surface area contributed by atoms with E-state index >= 15 is 0 Å². The number of fused-ring (bicyclic) bond motifs is 3. The first-order valence-electron chi connectivity index (χ1n) is 10.2. The summed E-state index contributed by atoms with van der Waals surface area (Å²) in [5.41, 5.74) is 6.46. The number of aromatic nitrogens is 1. The van der Waals surface area contributed by atoms with Gasteiger partial charge in [-0.1, -0.05) is 54.2 Å². The maximum absolute atomic E-state index is 4.89. The van der Waals surface area contributed by atoms with Crippen LogP contribution in [-0.2, 0) is 0 Å². The quantitative estimate of drug-likeness (QED) is 0.296. The van der Waals surface area contributed by atoms with Crippen LogP contribution < -0.4 is 10.2 Å². The Morgan fingerprint density at radius 1 is 0.758 bits per heavy atom. The summed E-state index contributed by atoms with van der Waals surface area (Å²) in [6.45, 7) is 0. The Kier molecular flexibility index (Phi) is 6.38. The minimum atomic E-state index is 0. The number of rotatable bonds is 2. The molecule has 3 nitrogen and oxygen atoms in total. The van der Waals surface area contributed by atoms with E-state index < -0.39 is 0 Å². The minimum absolute atomic E-state index is 0. The van der Waals surface area contributed by atoms with Gasteiger partial charge in [0.15, 0.2) is 0 Å². The van der Waals surface area contributed by atoms with Gasteiger partial charge in [-0.3, -0.25) is 4.70 Å². The molecular formula is C27H20BFN3S. The molecule has 0 unspecified atom stereocenters. The Bertz CT molecular complexity index is 1370. The third-order valence-electron chi connectivity index (χ3n) is 5.46. The first-order chi connectivity index (χ1) is 15.4. The molecule has 3 radical (unpaired) electrons. The van der Waals surface area contributed by atoms with Gasteiger partial charge in [0.25, 0.3) is 0 Å². The van der Waals surface area contributed by atoms with E-state index in [1.165, 1.54) is 21.2 Å². The van der Waals surface area contributed by atoms with Gasteiger partial charge in [0.05, 0.1) is 28.3 Å². The molecule has 1 aromatic heterocycles. The third kappa shape index (κ3) is 4.05. The zero-order valence-corrected chi connectivity index (χ0v) is 18.5. The van der Waals surface area contributed by atoms with Gasteiger partial charge in [-0.15, -0.1) is 0 Å². The van der Waals surface area contributed by atoms with Crippen molar-refractivity contribution in [2.75, 3.05) is 4.90 Å². The summed E-state index contributed by atoms with van der Waals surface area (Å²) in [7, 11) is 0. The number of halogens is 1. The van der Waals surface area contributed by atoms with Gasteiger partial charge in [0.1, 0.15) is 0 Å². The Morgan fingerprint density at radius 3 is 2.24 bits per heavy atom. The second-order valence-corrected chi connectivity index (χ2v) is 8.50. The number of anilines is 3. The molecule has 2 aliphatic heterocycles. The van der Waals surface area contributed by atoms with Crippen LogP contribution in [0.3, 0.4) is 0 Å². The number of allylic oxidation sites excluding steroid dienone is 4. The highest BCUT2D eigenvalue weighted by Gasteiger charge is 2.24. The highest BCUT2D eigenvalue weighted by Crippen LogP contribution is 2.51. The molecule has 4 aromatic rings. The molecule has 0 fully saturated rings. The molecular weight excluding hydrogens is 428 g/mol. The first kappa shape index (κ1) is 22.4. The molecule has 159 valence electrons. The number of pyridine rings is 1. The summed E-state index contributed by atoms with van der Waals surface area (Å²) in [6, 6.07) is 27.9. The number of nitrogens with zero attached hydrogens (tertiary/aromatic N) is 2. The second-order valence-electron chi connectivity index (χ2n) is 7.42. The number of benzene rings is 3. The Hall–Kier alpha value is -3.77. The first-order valence-corrected chi connectivity index (χ1v) is 11.1. The summed E-state index contributed by atoms with van der Waals surface area (Å²) in [5.74, 6) is 0. The summed E-state index contributed by atoms with van der Waals surface area (Å²) in [6.07, 6.45) is 9.96. The van der Waals surface area contributed by atoms with Gasteiger partial charge < -0.3 is 10.2 Å². The molecule has 0 bridgehead atoms. The highest BCUT2D eigenvalue weighted by molar-refractivity contribution is 7.99. The van der Waals surface area contributed by atoms with Crippen molar-refractivity contribution in [1.82, 2.24) is 10.3 Å². The Morgan fingerprint density at radius 2 is 1.48 bits per heavy atom. The molecule has 0 saturated carbocycles. The van der Waals surface area contributed by atoms with Gasteiger partial charge in [-0.25, -0.2) is 4.98 Å². The zero-order chi connectivity index (χ0) is 20.6. The van der Waals surface area contributed by atoms with Crippen LogP contribution in [0.4, 0.5) is 21.8 Å². The van der Waals surface area contributed by atoms with Crippen molar-refractivity contribution >= 4 is 53.8 Å². The third-order valence-corrected chi connectivity index (χ3v) is 6.59. The molecule has 33 heavy (non-hydrogen) atoms. The molecule has 0 amide bonds. The predicted molar refractivity (Wildman–Crippen MR) is 138 cm³/mol. The van der Waals surface area contributed by atoms with Crippen LogP contribution in [0.2, 0.25) is 0 Å². The fourth-order valence-corrected chi connectivity index (χ4v) is 5.06. The van der Waals surface area contributed by atoms with E-state index in [-0.39, 0.29) is 13.1 Å². The lowest BCUT2D eigenvalue weighted by molar-refractivity contribution is 1.11. The van der Waals surface area contributed by atoms with Gasteiger partial charge in [-0.05, 0) is 60.7 Å². The number of nitrogens with one attached hydrogen (secondary N) is 1. The largest absolute Gasteiger partial charge is 0.360 e. The zero-order valence-electron chi connectivity index (χ0n) is 17.7. The van der Waals surface area contributed by atoms with Gasteiger partial charge in [-0.2, -0.15) is 0 Å². The average Bonchev–Trinajstić information content (AvgIpc) is 3.11. The molecule has 6 heteroatoms. The van der Waals surface area contributed by atoms with Crippen LogP contribution >= 0.6 is 11.8 Å². The van der Waals surface area contributed by atoms with Crippen molar-refractivity contribution in [2.45, 2.75) is 9.79 Å². The van der Waals surface area contributed by atoms with E-state index in [0.29, 0.717) is 0 Å². The van der Waals surface area contributed by atoms with Crippen molar-refractivity contribution in [2.24, 2.45) is 0 Å². The predicted octanol–water partition coefficient (Wildman–Crippen LogP) is 6.95.